The Kier molecular flexibility index (Phi) is 142. The Morgan fingerprint density at radius 3 is 1.00 bits per heavy atom. The van der Waals surface area contributed by atoms with E-state index in [4.69, 9.17) is 0 Å². The van der Waals surface area contributed by atoms with E-state index in [9.17, 15) is 0 Å². The third-order valence-electron chi connectivity index (χ3n) is 0. The first kappa shape index (κ1) is 31.8. The van der Waals surface area contributed by atoms with Crippen LogP contribution in [-0.2, 0) is 34.1 Å². The van der Waals surface area contributed by atoms with Crippen molar-refractivity contribution in [1.82, 2.24) is 0 Å². The Balaban J connectivity index is 0. The molecule has 0 aliphatic rings. The minimum absolute atomic E-state index is 0. The summed E-state index contributed by atoms with van der Waals surface area (Å²) in [7, 11) is 0. The standard InChI is InChI=1S/B.Cu.Fe.Pr. The van der Waals surface area contributed by atoms with Gasteiger partial charge in [-0.1, -0.05) is 0 Å². The van der Waals surface area contributed by atoms with Gasteiger partial charge in [0.1, 0.15) is 0 Å². The molecule has 0 amide bonds. The van der Waals surface area contributed by atoms with Crippen molar-refractivity contribution in [3.63, 3.8) is 0 Å². The van der Waals surface area contributed by atoms with Crippen molar-refractivity contribution in [2.45, 2.75) is 0 Å². The maximum atomic E-state index is 0. The predicted molar refractivity (Wildman–Crippen MR) is 5.75 cm³/mol. The Bertz CT molecular complexity index is 8.00. The van der Waals surface area contributed by atoms with E-state index in [1.165, 1.54) is 0 Å². The summed E-state index contributed by atoms with van der Waals surface area (Å²) in [6.07, 6.45) is 0. The smallest absolute Gasteiger partial charge is 0 e. The SMILES string of the molecule is [B].[Cu].[Fe].[Pr]. The molecule has 0 N–H and O–H groups in total. The van der Waals surface area contributed by atoms with Gasteiger partial charge in [-0.2, -0.15) is 0 Å². The monoisotopic (exact) mass is 271 g/mol. The van der Waals surface area contributed by atoms with Crippen LogP contribution < -0.4 is 0 Å². The Morgan fingerprint density at radius 1 is 1.00 bits per heavy atom. The van der Waals surface area contributed by atoms with E-state index >= 15 is 0 Å². The van der Waals surface area contributed by atoms with Crippen molar-refractivity contribution in [2.75, 3.05) is 0 Å². The van der Waals surface area contributed by atoms with Gasteiger partial charge in [0.25, 0.3) is 0 Å². The summed E-state index contributed by atoms with van der Waals surface area (Å²) in [5.41, 5.74) is 0. The van der Waals surface area contributed by atoms with Crippen molar-refractivity contribution >= 4 is 8.41 Å². The van der Waals surface area contributed by atoms with Crippen molar-refractivity contribution in [3.05, 3.63) is 0 Å². The summed E-state index contributed by atoms with van der Waals surface area (Å²) in [5, 5.41) is 0. The molecular weight excluding hydrogens is 271 g/mol. The minimum atomic E-state index is 0. The average molecular weight is 271 g/mol. The van der Waals surface area contributed by atoms with Gasteiger partial charge in [-0.3, -0.25) is 0 Å². The fourth-order valence-electron chi connectivity index (χ4n) is 0. The van der Waals surface area contributed by atoms with E-state index in [1.54, 1.807) is 0 Å². The molecule has 0 atom stereocenters. The summed E-state index contributed by atoms with van der Waals surface area (Å²) in [6, 6.07) is 0. The Labute approximate surface area is 82.3 Å². The molecule has 0 rings (SSSR count). The van der Waals surface area contributed by atoms with Gasteiger partial charge in [-0.15, -0.1) is 0 Å². The zero-order valence-corrected chi connectivity index (χ0v) is 7.56. The van der Waals surface area contributed by atoms with Gasteiger partial charge < -0.3 is 0 Å². The number of hydrogen-bond acceptors (Lipinski definition) is 0. The fourth-order valence-corrected chi connectivity index (χ4v) is 0. The molecule has 0 aliphatic heterocycles. The van der Waals surface area contributed by atoms with Gasteiger partial charge in [0.2, 0.25) is 0 Å². The van der Waals surface area contributed by atoms with Gasteiger partial charge in [-0.05, 0) is 0 Å². The van der Waals surface area contributed by atoms with E-state index in [2.05, 4.69) is 0 Å². The van der Waals surface area contributed by atoms with Crippen LogP contribution in [0, 0.1) is 41.3 Å². The zero-order valence-electron chi connectivity index (χ0n) is 1.81. The third kappa shape index (κ3) is 8.82. The van der Waals surface area contributed by atoms with Crippen LogP contribution in [-0.4, -0.2) is 8.41 Å². The number of rotatable bonds is 0. The normalized spacial score (nSPS) is 0. The van der Waals surface area contributed by atoms with E-state index < -0.39 is 0 Å². The second-order valence-corrected chi connectivity index (χ2v) is 0. The first-order chi connectivity index (χ1) is 0. The van der Waals surface area contributed by atoms with Crippen molar-refractivity contribution in [1.29, 1.82) is 0 Å². The second-order valence-electron chi connectivity index (χ2n) is 0. The number of hydrogen-bond donors (Lipinski definition) is 0. The van der Waals surface area contributed by atoms with Crippen LogP contribution in [0.1, 0.15) is 0 Å². The Hall–Kier alpha value is 2.47. The topological polar surface area (TPSA) is 0 Å². The summed E-state index contributed by atoms with van der Waals surface area (Å²) in [6.45, 7) is 0. The maximum absolute atomic E-state index is 0. The molecule has 0 saturated carbocycles. The van der Waals surface area contributed by atoms with Crippen molar-refractivity contribution in [2.24, 2.45) is 0 Å². The first-order valence-corrected chi connectivity index (χ1v) is 0. The Morgan fingerprint density at radius 2 is 1.00 bits per heavy atom. The van der Waals surface area contributed by atoms with Crippen LogP contribution in [0.15, 0.2) is 0 Å². The summed E-state index contributed by atoms with van der Waals surface area (Å²) < 4.78 is 0. The molecular formula is BCuFePr. The van der Waals surface area contributed by atoms with Gasteiger partial charge in [0.05, 0.1) is 0 Å². The van der Waals surface area contributed by atoms with Gasteiger partial charge in [-0.25, -0.2) is 0 Å². The average Bonchev–Trinajstić information content (AvgIpc) is 0. The van der Waals surface area contributed by atoms with E-state index in [0.717, 1.165) is 0 Å². The quantitative estimate of drug-likeness (QED) is 0.527. The largest absolute Gasteiger partial charge is 0 e. The first-order valence-electron chi connectivity index (χ1n) is 0. The van der Waals surface area contributed by atoms with E-state index in [1.807, 2.05) is 0 Å². The summed E-state index contributed by atoms with van der Waals surface area (Å²) >= 11 is 0. The molecule has 25 valence electrons. The molecule has 0 saturated heterocycles. The van der Waals surface area contributed by atoms with Crippen LogP contribution in [0.25, 0.3) is 0 Å². The molecule has 0 spiro atoms. The molecule has 4 heavy (non-hydrogen) atoms. The van der Waals surface area contributed by atoms with Crippen LogP contribution >= 0.6 is 0 Å². The molecule has 4 heteroatoms. The fraction of sp³-hybridized carbons (Fsp3) is 0. The molecule has 0 bridgehead atoms. The predicted octanol–water partition coefficient (Wildman–Crippen LogP) is -0.386. The van der Waals surface area contributed by atoms with Crippen LogP contribution in [0.2, 0.25) is 0 Å². The minimum Gasteiger partial charge on any atom is 0 e. The molecule has 0 heterocycles. The summed E-state index contributed by atoms with van der Waals surface area (Å²) in [5.74, 6) is 0. The summed E-state index contributed by atoms with van der Waals surface area (Å²) in [4.78, 5) is 0. The molecule has 0 unspecified atom stereocenters. The van der Waals surface area contributed by atoms with Crippen molar-refractivity contribution in [3.8, 4) is 0 Å². The molecule has 0 aromatic heterocycles. The van der Waals surface area contributed by atoms with E-state index in [0.29, 0.717) is 0 Å². The van der Waals surface area contributed by atoms with E-state index in [-0.39, 0.29) is 83.8 Å². The third-order valence-corrected chi connectivity index (χ3v) is 0. The van der Waals surface area contributed by atoms with Crippen LogP contribution in [0.3, 0.4) is 0 Å². The zero-order chi connectivity index (χ0) is 0. The van der Waals surface area contributed by atoms with Gasteiger partial charge in [0, 0.05) is 83.8 Å². The van der Waals surface area contributed by atoms with Gasteiger partial charge >= 0.3 is 0 Å². The molecule has 0 nitrogen and oxygen atoms in total. The second kappa shape index (κ2) is 17.9. The molecule has 0 aromatic carbocycles. The molecule has 5 radical (unpaired) electrons. The van der Waals surface area contributed by atoms with Gasteiger partial charge in [0.15, 0.2) is 0 Å². The maximum Gasteiger partial charge on any atom is 0 e. The molecule has 0 aliphatic carbocycles. The van der Waals surface area contributed by atoms with Crippen LogP contribution in [0.4, 0.5) is 0 Å². The van der Waals surface area contributed by atoms with Crippen LogP contribution in [0.5, 0.6) is 0 Å². The molecule has 0 fully saturated rings. The molecule has 0 aromatic rings. The van der Waals surface area contributed by atoms with Crippen molar-refractivity contribution < 1.29 is 75.4 Å².